The number of hydrogen-bond acceptors (Lipinski definition) is 5. The van der Waals surface area contributed by atoms with Gasteiger partial charge >= 0.3 is 5.97 Å². The summed E-state index contributed by atoms with van der Waals surface area (Å²) in [5.74, 6) is -0.155. The standard InChI is InChI=1S/C10H14O4S/c1-4-13-9(12)8(7(3)11)10-14-6(2)5-15-10/h6H,4-5H2,1-3H3/b10-8-/t6-/m1/s1. The molecule has 5 heteroatoms. The molecule has 1 atom stereocenters. The molecule has 1 heterocycles. The van der Waals surface area contributed by atoms with Gasteiger partial charge in [-0.2, -0.15) is 0 Å². The number of ether oxygens (including phenoxy) is 2. The lowest BCUT2D eigenvalue weighted by Crippen LogP contribution is -2.16. The zero-order valence-corrected chi connectivity index (χ0v) is 9.85. The van der Waals surface area contributed by atoms with E-state index in [-0.39, 0.29) is 24.1 Å². The van der Waals surface area contributed by atoms with E-state index in [2.05, 4.69) is 0 Å². The smallest absolute Gasteiger partial charge is 0.346 e. The van der Waals surface area contributed by atoms with Crippen molar-refractivity contribution in [3.8, 4) is 0 Å². The summed E-state index contributed by atoms with van der Waals surface area (Å²) >= 11 is 1.38. The molecule has 0 amide bonds. The summed E-state index contributed by atoms with van der Waals surface area (Å²) < 4.78 is 10.2. The van der Waals surface area contributed by atoms with Gasteiger partial charge in [0.1, 0.15) is 6.10 Å². The fourth-order valence-electron chi connectivity index (χ4n) is 1.15. The molecule has 0 saturated carbocycles. The average molecular weight is 230 g/mol. The molecule has 1 saturated heterocycles. The van der Waals surface area contributed by atoms with E-state index in [9.17, 15) is 9.59 Å². The van der Waals surface area contributed by atoms with Crippen LogP contribution < -0.4 is 0 Å². The van der Waals surface area contributed by atoms with Gasteiger partial charge in [0, 0.05) is 5.75 Å². The summed E-state index contributed by atoms with van der Waals surface area (Å²) in [7, 11) is 0. The first kappa shape index (κ1) is 12.1. The van der Waals surface area contributed by atoms with Crippen LogP contribution in [0.5, 0.6) is 0 Å². The van der Waals surface area contributed by atoms with Gasteiger partial charge in [0.05, 0.1) is 6.61 Å². The molecule has 4 nitrogen and oxygen atoms in total. The fraction of sp³-hybridized carbons (Fsp3) is 0.600. The van der Waals surface area contributed by atoms with Gasteiger partial charge in [0.2, 0.25) is 0 Å². The molecule has 0 aromatic rings. The van der Waals surface area contributed by atoms with Gasteiger partial charge in [-0.1, -0.05) is 11.8 Å². The number of ketones is 1. The summed E-state index contributed by atoms with van der Waals surface area (Å²) in [4.78, 5) is 22.8. The summed E-state index contributed by atoms with van der Waals surface area (Å²) in [5.41, 5.74) is 0.0335. The summed E-state index contributed by atoms with van der Waals surface area (Å²) in [6, 6.07) is 0. The van der Waals surface area contributed by atoms with Crippen LogP contribution in [0.25, 0.3) is 0 Å². The number of carbonyl (C=O) groups is 2. The molecular formula is C10H14O4S. The maximum atomic E-state index is 11.5. The Hall–Kier alpha value is -0.970. The van der Waals surface area contributed by atoms with E-state index in [4.69, 9.17) is 9.47 Å². The number of hydrogen-bond donors (Lipinski definition) is 0. The van der Waals surface area contributed by atoms with Crippen molar-refractivity contribution >= 4 is 23.5 Å². The Bertz CT molecular complexity index is 309. The van der Waals surface area contributed by atoms with Crippen molar-refractivity contribution < 1.29 is 19.1 Å². The van der Waals surface area contributed by atoms with Gasteiger partial charge in [0.25, 0.3) is 0 Å². The fourth-order valence-corrected chi connectivity index (χ4v) is 2.21. The Morgan fingerprint density at radius 2 is 2.27 bits per heavy atom. The van der Waals surface area contributed by atoms with E-state index in [1.165, 1.54) is 18.7 Å². The maximum absolute atomic E-state index is 11.5. The van der Waals surface area contributed by atoms with Crippen LogP contribution in [0, 0.1) is 0 Å². The first-order valence-corrected chi connectivity index (χ1v) is 5.76. The van der Waals surface area contributed by atoms with E-state index in [0.717, 1.165) is 5.75 Å². The van der Waals surface area contributed by atoms with Gasteiger partial charge < -0.3 is 9.47 Å². The Kier molecular flexibility index (Phi) is 4.20. The number of carbonyl (C=O) groups excluding carboxylic acids is 2. The zero-order valence-electron chi connectivity index (χ0n) is 9.03. The van der Waals surface area contributed by atoms with Gasteiger partial charge in [-0.05, 0) is 20.8 Å². The van der Waals surface area contributed by atoms with Crippen LogP contribution in [0.2, 0.25) is 0 Å². The van der Waals surface area contributed by atoms with Crippen molar-refractivity contribution in [3.63, 3.8) is 0 Å². The van der Waals surface area contributed by atoms with Crippen molar-refractivity contribution in [2.24, 2.45) is 0 Å². The molecule has 15 heavy (non-hydrogen) atoms. The Labute approximate surface area is 93.0 Å². The maximum Gasteiger partial charge on any atom is 0.346 e. The SMILES string of the molecule is CCOC(=O)/C(C(C)=O)=C1/O[C@H](C)CS1. The molecular weight excluding hydrogens is 216 g/mol. The van der Waals surface area contributed by atoms with Crippen LogP contribution in [0.1, 0.15) is 20.8 Å². The van der Waals surface area contributed by atoms with Gasteiger partial charge in [0.15, 0.2) is 16.4 Å². The van der Waals surface area contributed by atoms with Crippen molar-refractivity contribution in [1.29, 1.82) is 0 Å². The molecule has 0 aliphatic carbocycles. The minimum Gasteiger partial charge on any atom is -0.483 e. The summed E-state index contributed by atoms with van der Waals surface area (Å²) in [5, 5.41) is 0.397. The van der Waals surface area contributed by atoms with Crippen molar-refractivity contribution in [3.05, 3.63) is 10.7 Å². The molecule has 0 N–H and O–H groups in total. The summed E-state index contributed by atoms with van der Waals surface area (Å²) in [6.07, 6.45) is 0.0359. The third kappa shape index (κ3) is 2.99. The largest absolute Gasteiger partial charge is 0.483 e. The first-order valence-electron chi connectivity index (χ1n) is 4.78. The highest BCUT2D eigenvalue weighted by Gasteiger charge is 2.28. The highest BCUT2D eigenvalue weighted by molar-refractivity contribution is 8.03. The Balaban J connectivity index is 2.91. The molecule has 1 fully saturated rings. The number of thioether (sulfide) groups is 1. The van der Waals surface area contributed by atoms with Gasteiger partial charge in [-0.25, -0.2) is 4.79 Å². The first-order chi connectivity index (χ1) is 7.06. The predicted octanol–water partition coefficient (Wildman–Crippen LogP) is 1.50. The third-order valence-corrected chi connectivity index (χ3v) is 2.99. The average Bonchev–Trinajstić information content (AvgIpc) is 2.51. The molecule has 0 aromatic carbocycles. The number of rotatable bonds is 3. The van der Waals surface area contributed by atoms with Crippen LogP contribution in [0.4, 0.5) is 0 Å². The van der Waals surface area contributed by atoms with Crippen LogP contribution in [0.15, 0.2) is 10.7 Å². The molecule has 1 aliphatic heterocycles. The molecule has 0 unspecified atom stereocenters. The predicted molar refractivity (Wildman–Crippen MR) is 57.3 cm³/mol. The minimum absolute atomic E-state index is 0.0335. The number of esters is 1. The quantitative estimate of drug-likeness (QED) is 0.318. The molecule has 0 radical (unpaired) electrons. The molecule has 1 rings (SSSR count). The number of Topliss-reactive ketones (excluding diaryl/α,β-unsaturated/α-hetero) is 1. The van der Waals surface area contributed by atoms with Gasteiger partial charge in [-0.15, -0.1) is 0 Å². The van der Waals surface area contributed by atoms with Crippen LogP contribution in [0.3, 0.4) is 0 Å². The van der Waals surface area contributed by atoms with Gasteiger partial charge in [-0.3, -0.25) is 4.79 Å². The lowest BCUT2D eigenvalue weighted by Gasteiger charge is -2.07. The third-order valence-electron chi connectivity index (χ3n) is 1.79. The highest BCUT2D eigenvalue weighted by atomic mass is 32.2. The molecule has 0 spiro atoms. The van der Waals surface area contributed by atoms with E-state index in [1.807, 2.05) is 6.92 Å². The minimum atomic E-state index is -0.596. The Morgan fingerprint density at radius 3 is 2.67 bits per heavy atom. The van der Waals surface area contributed by atoms with E-state index < -0.39 is 5.97 Å². The molecule has 0 bridgehead atoms. The second-order valence-electron chi connectivity index (χ2n) is 3.18. The second kappa shape index (κ2) is 5.21. The lowest BCUT2D eigenvalue weighted by atomic mass is 10.2. The van der Waals surface area contributed by atoms with E-state index >= 15 is 0 Å². The topological polar surface area (TPSA) is 52.6 Å². The second-order valence-corrected chi connectivity index (χ2v) is 4.17. The van der Waals surface area contributed by atoms with E-state index in [0.29, 0.717) is 5.09 Å². The molecule has 0 aromatic heterocycles. The normalized spacial score (nSPS) is 23.3. The summed E-state index contributed by atoms with van der Waals surface area (Å²) in [6.45, 7) is 5.18. The Morgan fingerprint density at radius 1 is 1.60 bits per heavy atom. The molecule has 1 aliphatic rings. The zero-order chi connectivity index (χ0) is 11.4. The van der Waals surface area contributed by atoms with Crippen molar-refractivity contribution in [2.45, 2.75) is 26.9 Å². The van der Waals surface area contributed by atoms with Crippen LogP contribution in [-0.4, -0.2) is 30.2 Å². The van der Waals surface area contributed by atoms with Crippen molar-refractivity contribution in [1.82, 2.24) is 0 Å². The highest BCUT2D eigenvalue weighted by Crippen LogP contribution is 2.32. The lowest BCUT2D eigenvalue weighted by molar-refractivity contribution is -0.140. The van der Waals surface area contributed by atoms with Crippen LogP contribution in [-0.2, 0) is 19.1 Å². The van der Waals surface area contributed by atoms with Crippen molar-refractivity contribution in [2.75, 3.05) is 12.4 Å². The van der Waals surface area contributed by atoms with Crippen LogP contribution >= 0.6 is 11.8 Å². The van der Waals surface area contributed by atoms with E-state index in [1.54, 1.807) is 6.92 Å². The molecule has 84 valence electrons. The monoisotopic (exact) mass is 230 g/mol.